The fraction of sp³-hybridized carbons (Fsp3) is 0.238. The summed E-state index contributed by atoms with van der Waals surface area (Å²) in [6, 6.07) is 15.5. The fourth-order valence-corrected chi connectivity index (χ4v) is 2.93. The van der Waals surface area contributed by atoms with Crippen LogP contribution in [-0.2, 0) is 11.2 Å². The summed E-state index contributed by atoms with van der Waals surface area (Å²) in [6.45, 7) is 2.68. The van der Waals surface area contributed by atoms with Gasteiger partial charge in [0, 0.05) is 47.9 Å². The second-order valence-electron chi connectivity index (χ2n) is 6.27. The zero-order valence-corrected chi connectivity index (χ0v) is 14.8. The molecular weight excluding hydrogens is 326 g/mol. The number of rotatable bonds is 8. The van der Waals surface area contributed by atoms with Gasteiger partial charge in [0.1, 0.15) is 0 Å². The number of para-hydroxylation sites is 1. The van der Waals surface area contributed by atoms with Crippen LogP contribution in [0.1, 0.15) is 29.3 Å². The predicted octanol–water partition coefficient (Wildman–Crippen LogP) is 3.53. The van der Waals surface area contributed by atoms with Crippen molar-refractivity contribution in [2.45, 2.75) is 19.8 Å². The van der Waals surface area contributed by atoms with Crippen molar-refractivity contribution in [3.05, 3.63) is 65.9 Å². The molecule has 5 nitrogen and oxygen atoms in total. The van der Waals surface area contributed by atoms with Crippen molar-refractivity contribution >= 4 is 28.3 Å². The first kappa shape index (κ1) is 17.7. The van der Waals surface area contributed by atoms with Crippen LogP contribution in [0.25, 0.3) is 10.9 Å². The van der Waals surface area contributed by atoms with Gasteiger partial charge in [-0.15, -0.1) is 0 Å². The van der Waals surface area contributed by atoms with Gasteiger partial charge in [-0.3, -0.25) is 9.59 Å². The number of fused-ring (bicyclic) bond motifs is 1. The molecule has 1 aromatic heterocycles. The molecule has 0 aliphatic heterocycles. The standard InChI is InChI=1S/C21H23N3O2/c1-15(25)16-5-4-6-18(13-16)22-12-10-21(26)23-11-9-17-14-24-20-8-3-2-7-19(17)20/h2-8,13-14,22,24H,9-12H2,1H3,(H,23,26). The van der Waals surface area contributed by atoms with Gasteiger partial charge in [-0.05, 0) is 37.1 Å². The van der Waals surface area contributed by atoms with Gasteiger partial charge in [0.05, 0.1) is 0 Å². The fourth-order valence-electron chi connectivity index (χ4n) is 2.93. The number of H-pyrrole nitrogens is 1. The Morgan fingerprint density at radius 1 is 1.04 bits per heavy atom. The Morgan fingerprint density at radius 2 is 1.88 bits per heavy atom. The van der Waals surface area contributed by atoms with Crippen LogP contribution >= 0.6 is 0 Å². The smallest absolute Gasteiger partial charge is 0.221 e. The molecule has 0 aliphatic rings. The summed E-state index contributed by atoms with van der Waals surface area (Å²) in [4.78, 5) is 26.6. The van der Waals surface area contributed by atoms with Crippen molar-refractivity contribution in [3.8, 4) is 0 Å². The van der Waals surface area contributed by atoms with E-state index in [1.807, 2.05) is 36.5 Å². The molecule has 0 unspecified atom stereocenters. The average molecular weight is 349 g/mol. The van der Waals surface area contributed by atoms with Crippen LogP contribution in [0.3, 0.4) is 0 Å². The molecule has 0 saturated heterocycles. The molecule has 26 heavy (non-hydrogen) atoms. The lowest BCUT2D eigenvalue weighted by atomic mass is 10.1. The highest BCUT2D eigenvalue weighted by Crippen LogP contribution is 2.17. The van der Waals surface area contributed by atoms with Crippen LogP contribution < -0.4 is 10.6 Å². The van der Waals surface area contributed by atoms with Crippen LogP contribution in [0, 0.1) is 0 Å². The molecule has 0 fully saturated rings. The highest BCUT2D eigenvalue weighted by Gasteiger charge is 2.05. The lowest BCUT2D eigenvalue weighted by molar-refractivity contribution is -0.120. The molecule has 1 heterocycles. The van der Waals surface area contributed by atoms with E-state index in [4.69, 9.17) is 0 Å². The normalized spacial score (nSPS) is 10.7. The minimum absolute atomic E-state index is 0.0139. The zero-order chi connectivity index (χ0) is 18.4. The number of aromatic nitrogens is 1. The second kappa shape index (κ2) is 8.34. The van der Waals surface area contributed by atoms with Gasteiger partial charge >= 0.3 is 0 Å². The van der Waals surface area contributed by atoms with Gasteiger partial charge in [0.15, 0.2) is 5.78 Å². The van der Waals surface area contributed by atoms with Gasteiger partial charge < -0.3 is 15.6 Å². The first-order valence-corrected chi connectivity index (χ1v) is 8.80. The third-order valence-corrected chi connectivity index (χ3v) is 4.34. The Morgan fingerprint density at radius 3 is 2.73 bits per heavy atom. The quantitative estimate of drug-likeness (QED) is 0.545. The van der Waals surface area contributed by atoms with Gasteiger partial charge in [-0.25, -0.2) is 0 Å². The molecule has 134 valence electrons. The van der Waals surface area contributed by atoms with E-state index in [2.05, 4.69) is 21.7 Å². The Bertz CT molecular complexity index is 914. The number of aromatic amines is 1. The number of carbonyl (C=O) groups excluding carboxylic acids is 2. The van der Waals surface area contributed by atoms with Crippen LogP contribution in [-0.4, -0.2) is 29.8 Å². The zero-order valence-electron chi connectivity index (χ0n) is 14.8. The van der Waals surface area contributed by atoms with E-state index in [0.717, 1.165) is 17.6 Å². The summed E-state index contributed by atoms with van der Waals surface area (Å²) in [5.41, 5.74) is 3.84. The lowest BCUT2D eigenvalue weighted by Crippen LogP contribution is -2.27. The monoisotopic (exact) mass is 349 g/mol. The van der Waals surface area contributed by atoms with E-state index in [1.54, 1.807) is 19.1 Å². The number of benzene rings is 2. The van der Waals surface area contributed by atoms with Crippen molar-refractivity contribution in [2.75, 3.05) is 18.4 Å². The van der Waals surface area contributed by atoms with E-state index in [-0.39, 0.29) is 11.7 Å². The average Bonchev–Trinajstić information content (AvgIpc) is 3.05. The van der Waals surface area contributed by atoms with Crippen molar-refractivity contribution in [1.29, 1.82) is 0 Å². The maximum Gasteiger partial charge on any atom is 0.221 e. The van der Waals surface area contributed by atoms with Crippen molar-refractivity contribution in [1.82, 2.24) is 10.3 Å². The molecule has 3 rings (SSSR count). The molecule has 0 atom stereocenters. The Balaban J connectivity index is 1.40. The number of hydrogen-bond acceptors (Lipinski definition) is 3. The third-order valence-electron chi connectivity index (χ3n) is 4.34. The van der Waals surface area contributed by atoms with E-state index in [0.29, 0.717) is 25.1 Å². The molecule has 0 spiro atoms. The molecular formula is C21H23N3O2. The first-order chi connectivity index (χ1) is 12.6. The molecule has 2 aromatic carbocycles. The maximum absolute atomic E-state index is 12.0. The third kappa shape index (κ3) is 4.51. The highest BCUT2D eigenvalue weighted by atomic mass is 16.1. The second-order valence-corrected chi connectivity index (χ2v) is 6.27. The van der Waals surface area contributed by atoms with Gasteiger partial charge in [0.25, 0.3) is 0 Å². The number of ketones is 1. The largest absolute Gasteiger partial charge is 0.385 e. The van der Waals surface area contributed by atoms with Crippen LogP contribution in [0.4, 0.5) is 5.69 Å². The number of amides is 1. The molecule has 1 amide bonds. The minimum atomic E-state index is 0.0139. The molecule has 5 heteroatoms. The molecule has 0 radical (unpaired) electrons. The summed E-state index contributed by atoms with van der Waals surface area (Å²) < 4.78 is 0. The topological polar surface area (TPSA) is 74.0 Å². The minimum Gasteiger partial charge on any atom is -0.385 e. The Kier molecular flexibility index (Phi) is 5.69. The summed E-state index contributed by atoms with van der Waals surface area (Å²) in [5.74, 6) is 0.0451. The Hall–Kier alpha value is -3.08. The van der Waals surface area contributed by atoms with E-state index in [9.17, 15) is 9.59 Å². The van der Waals surface area contributed by atoms with Crippen LogP contribution in [0.2, 0.25) is 0 Å². The number of hydrogen-bond donors (Lipinski definition) is 3. The van der Waals surface area contributed by atoms with Crippen molar-refractivity contribution in [3.63, 3.8) is 0 Å². The molecule has 0 bridgehead atoms. The molecule has 0 saturated carbocycles. The number of nitrogens with one attached hydrogen (secondary N) is 3. The van der Waals surface area contributed by atoms with E-state index in [1.165, 1.54) is 10.9 Å². The van der Waals surface area contributed by atoms with Crippen LogP contribution in [0.5, 0.6) is 0 Å². The van der Waals surface area contributed by atoms with Gasteiger partial charge in [0.2, 0.25) is 5.91 Å². The molecule has 3 N–H and O–H groups in total. The predicted molar refractivity (Wildman–Crippen MR) is 105 cm³/mol. The molecule has 3 aromatic rings. The van der Waals surface area contributed by atoms with Crippen LogP contribution in [0.15, 0.2) is 54.7 Å². The maximum atomic E-state index is 12.0. The lowest BCUT2D eigenvalue weighted by Gasteiger charge is -2.08. The Labute approximate surface area is 152 Å². The first-order valence-electron chi connectivity index (χ1n) is 8.80. The van der Waals surface area contributed by atoms with Crippen molar-refractivity contribution in [2.24, 2.45) is 0 Å². The summed E-state index contributed by atoms with van der Waals surface area (Å²) >= 11 is 0. The number of carbonyl (C=O) groups is 2. The SMILES string of the molecule is CC(=O)c1cccc(NCCC(=O)NCCc2c[nH]c3ccccc23)c1. The number of Topliss-reactive ketones (excluding diaryl/α,β-unsaturated/α-hetero) is 1. The highest BCUT2D eigenvalue weighted by molar-refractivity contribution is 5.94. The van der Waals surface area contributed by atoms with E-state index >= 15 is 0 Å². The van der Waals surface area contributed by atoms with E-state index < -0.39 is 0 Å². The van der Waals surface area contributed by atoms with Gasteiger partial charge in [-0.1, -0.05) is 30.3 Å². The summed E-state index contributed by atoms with van der Waals surface area (Å²) in [6.07, 6.45) is 3.18. The summed E-state index contributed by atoms with van der Waals surface area (Å²) in [5, 5.41) is 7.34. The van der Waals surface area contributed by atoms with Crippen molar-refractivity contribution < 1.29 is 9.59 Å². The van der Waals surface area contributed by atoms with Gasteiger partial charge in [-0.2, -0.15) is 0 Å². The molecule has 0 aliphatic carbocycles. The number of anilines is 1. The summed E-state index contributed by atoms with van der Waals surface area (Å²) in [7, 11) is 0.